The summed E-state index contributed by atoms with van der Waals surface area (Å²) < 4.78 is -0.0712. The largest absolute Gasteiger partial charge is 0.298 e. The third-order valence-corrected chi connectivity index (χ3v) is 13.1. The van der Waals surface area contributed by atoms with Gasteiger partial charge in [-0.3, -0.25) is 4.79 Å². The minimum Gasteiger partial charge on any atom is -0.298 e. The summed E-state index contributed by atoms with van der Waals surface area (Å²) in [5.41, 5.74) is 0. The molecule has 0 amide bonds. The summed E-state index contributed by atoms with van der Waals surface area (Å²) in [5, 5.41) is 0. The third-order valence-electron chi connectivity index (χ3n) is 3.22. The van der Waals surface area contributed by atoms with E-state index in [-0.39, 0.29) is 10.7 Å². The first-order chi connectivity index (χ1) is 6.31. The van der Waals surface area contributed by atoms with Crippen molar-refractivity contribution in [1.29, 1.82) is 0 Å². The zero-order chi connectivity index (χ0) is 11.0. The molecule has 0 aromatic heterocycles. The maximum Gasteiger partial charge on any atom is 0.150 e. The molecule has 0 atom stereocenters. The molecule has 1 aliphatic heterocycles. The number of ketones is 1. The molecular weight excluding hydrogens is 307 g/mol. The normalized spacial score (nSPS) is 23.9. The van der Waals surface area contributed by atoms with Crippen molar-refractivity contribution in [3.63, 3.8) is 0 Å². The highest BCUT2D eigenvalue weighted by Gasteiger charge is 2.45. The van der Waals surface area contributed by atoms with Crippen LogP contribution >= 0.6 is 28.4 Å². The van der Waals surface area contributed by atoms with E-state index >= 15 is 0 Å². The van der Waals surface area contributed by atoms with Crippen LogP contribution in [-0.2, 0) is 4.79 Å². The number of Topliss-reactive ketones (excluding diaryl/α,β-unsaturated/α-hetero) is 1. The second-order valence-electron chi connectivity index (χ2n) is 4.93. The van der Waals surface area contributed by atoms with Gasteiger partial charge in [0.2, 0.25) is 0 Å². The first-order valence-electron chi connectivity index (χ1n) is 5.33. The molecule has 0 N–H and O–H groups in total. The van der Waals surface area contributed by atoms with Crippen molar-refractivity contribution in [1.82, 2.24) is 0 Å². The van der Waals surface area contributed by atoms with Crippen LogP contribution in [0.5, 0.6) is 0 Å². The molecule has 0 aliphatic carbocycles. The van der Waals surface area contributed by atoms with Crippen molar-refractivity contribution in [2.24, 2.45) is 5.92 Å². The molecule has 1 nitrogen and oxygen atoms in total. The Hall–Kier alpha value is 0.750. The van der Waals surface area contributed by atoms with Crippen molar-refractivity contribution in [3.8, 4) is 0 Å². The van der Waals surface area contributed by atoms with Gasteiger partial charge in [-0.05, 0) is 59.4 Å². The van der Waals surface area contributed by atoms with Gasteiger partial charge in [0.1, 0.15) is 5.78 Å². The lowest BCUT2D eigenvalue weighted by Crippen LogP contribution is -2.39. The highest BCUT2D eigenvalue weighted by molar-refractivity contribution is 14.2. The van der Waals surface area contributed by atoms with E-state index in [0.29, 0.717) is 5.78 Å². The predicted octanol–water partition coefficient (Wildman–Crippen LogP) is 3.94. The minimum absolute atomic E-state index is 0.0712. The molecule has 1 aliphatic rings. The van der Waals surface area contributed by atoms with Gasteiger partial charge in [-0.2, -0.15) is 7.20 Å². The minimum atomic E-state index is -0.706. The highest BCUT2D eigenvalue weighted by atomic mass is 127. The molecule has 1 fully saturated rings. The van der Waals surface area contributed by atoms with Crippen molar-refractivity contribution in [3.05, 3.63) is 0 Å². The fourth-order valence-corrected chi connectivity index (χ4v) is 7.81. The summed E-state index contributed by atoms with van der Waals surface area (Å²) in [6.45, 7) is 8.39. The lowest BCUT2D eigenvalue weighted by atomic mass is 9.98. The van der Waals surface area contributed by atoms with E-state index in [9.17, 15) is 4.79 Å². The maximum absolute atomic E-state index is 12.2. The number of hydrogen-bond donors (Lipinski definition) is 0. The van der Waals surface area contributed by atoms with Crippen molar-refractivity contribution in [2.45, 2.75) is 45.3 Å². The molecule has 1 rings (SSSR count). The van der Waals surface area contributed by atoms with E-state index in [1.807, 2.05) is 13.8 Å². The average molecular weight is 328 g/mol. The van der Waals surface area contributed by atoms with E-state index in [0.717, 1.165) is 0 Å². The summed E-state index contributed by atoms with van der Waals surface area (Å²) >= 11 is 2.62. The Bertz CT molecular complexity index is 229. The quantitative estimate of drug-likeness (QED) is 0.717. The van der Waals surface area contributed by atoms with Gasteiger partial charge in [-0.25, -0.2) is 0 Å². The van der Waals surface area contributed by atoms with Crippen LogP contribution in [0.4, 0.5) is 0 Å². The summed E-state index contributed by atoms with van der Waals surface area (Å²) in [6, 6.07) is 0. The number of halogens is 1. The zero-order valence-corrected chi connectivity index (χ0v) is 12.6. The Balaban J connectivity index is 2.88. The molecule has 1 heterocycles. The molecule has 0 aromatic rings. The third kappa shape index (κ3) is 2.13. The van der Waals surface area contributed by atoms with Crippen LogP contribution in [-0.4, -0.2) is 22.0 Å². The Kier molecular flexibility index (Phi) is 3.95. The molecule has 0 saturated carbocycles. The van der Waals surface area contributed by atoms with Gasteiger partial charge in [0, 0.05) is 5.92 Å². The monoisotopic (exact) mass is 328 g/mol. The maximum atomic E-state index is 12.2. The Morgan fingerprint density at radius 3 is 2.07 bits per heavy atom. The molecule has 1 saturated heterocycles. The van der Waals surface area contributed by atoms with Gasteiger partial charge < -0.3 is 0 Å². The van der Waals surface area contributed by atoms with Crippen LogP contribution in [0.2, 0.25) is 0 Å². The lowest BCUT2D eigenvalue weighted by molar-refractivity contribution is -0.123. The summed E-state index contributed by atoms with van der Waals surface area (Å²) in [6.07, 6.45) is 2.65. The summed E-state index contributed by atoms with van der Waals surface area (Å²) in [7, 11) is -0.706. The Morgan fingerprint density at radius 1 is 1.29 bits per heavy atom. The Morgan fingerprint density at radius 2 is 1.71 bits per heavy atom. The van der Waals surface area contributed by atoms with Crippen LogP contribution < -0.4 is 0 Å². The smallest absolute Gasteiger partial charge is 0.150 e. The summed E-state index contributed by atoms with van der Waals surface area (Å²) in [5.74, 6) is 3.23. The first-order valence-corrected chi connectivity index (χ1v) is 9.85. The van der Waals surface area contributed by atoms with Crippen LogP contribution in [0, 0.1) is 5.92 Å². The van der Waals surface area contributed by atoms with Crippen LogP contribution in [0.15, 0.2) is 0 Å². The standard InChI is InChI=1S/C11H21IOS/c1-9(2)10(13)11(3,4)14(12)7-5-6-8-14/h9H,5-8H2,1-4H3. The van der Waals surface area contributed by atoms with Gasteiger partial charge in [-0.1, -0.05) is 13.8 Å². The van der Waals surface area contributed by atoms with Gasteiger partial charge in [0.25, 0.3) is 0 Å². The topological polar surface area (TPSA) is 17.1 Å². The molecule has 0 unspecified atom stereocenters. The molecular formula is C11H21IOS. The second kappa shape index (κ2) is 4.32. The molecule has 0 bridgehead atoms. The zero-order valence-electron chi connectivity index (χ0n) is 9.60. The number of hydrogen-bond acceptors (Lipinski definition) is 1. The fourth-order valence-electron chi connectivity index (χ4n) is 2.15. The molecule has 3 heteroatoms. The van der Waals surface area contributed by atoms with Crippen LogP contribution in [0.1, 0.15) is 40.5 Å². The van der Waals surface area contributed by atoms with Gasteiger partial charge in [-0.15, -0.1) is 0 Å². The van der Waals surface area contributed by atoms with Crippen LogP contribution in [0.3, 0.4) is 0 Å². The van der Waals surface area contributed by atoms with Crippen molar-refractivity contribution >= 4 is 34.2 Å². The molecule has 0 spiro atoms. The van der Waals surface area contributed by atoms with E-state index in [4.69, 9.17) is 0 Å². The molecule has 84 valence electrons. The number of rotatable bonds is 3. The molecule has 14 heavy (non-hydrogen) atoms. The van der Waals surface area contributed by atoms with Crippen molar-refractivity contribution < 1.29 is 4.79 Å². The van der Waals surface area contributed by atoms with Gasteiger partial charge >= 0.3 is 0 Å². The summed E-state index contributed by atoms with van der Waals surface area (Å²) in [4.78, 5) is 12.2. The van der Waals surface area contributed by atoms with Gasteiger partial charge in [0.05, 0.1) is 4.75 Å². The van der Waals surface area contributed by atoms with Crippen molar-refractivity contribution in [2.75, 3.05) is 11.5 Å². The second-order valence-corrected chi connectivity index (χ2v) is 13.4. The van der Waals surface area contributed by atoms with Gasteiger partial charge in [0.15, 0.2) is 0 Å². The lowest BCUT2D eigenvalue weighted by Gasteiger charge is -2.44. The highest BCUT2D eigenvalue weighted by Crippen LogP contribution is 2.70. The predicted molar refractivity (Wildman–Crippen MR) is 74.5 cm³/mol. The van der Waals surface area contributed by atoms with E-state index in [1.165, 1.54) is 24.3 Å². The molecule has 0 radical (unpaired) electrons. The molecule has 0 aromatic carbocycles. The van der Waals surface area contributed by atoms with Crippen LogP contribution in [0.25, 0.3) is 0 Å². The van der Waals surface area contributed by atoms with E-state index in [2.05, 4.69) is 35.1 Å². The van der Waals surface area contributed by atoms with E-state index < -0.39 is 7.20 Å². The Labute approximate surface area is 101 Å². The van der Waals surface area contributed by atoms with E-state index in [1.54, 1.807) is 0 Å². The fraction of sp³-hybridized carbons (Fsp3) is 0.909. The average Bonchev–Trinajstić information content (AvgIpc) is 2.52. The SMILES string of the molecule is CC(C)C(=O)C(C)(C)S1(I)CCCC1. The number of carbonyl (C=O) groups excluding carboxylic acids is 1. The first kappa shape index (κ1) is 12.8. The number of carbonyl (C=O) groups is 1.